The van der Waals surface area contributed by atoms with Gasteiger partial charge in [-0.3, -0.25) is 4.90 Å². The van der Waals surface area contributed by atoms with E-state index in [4.69, 9.17) is 27.9 Å². The van der Waals surface area contributed by atoms with E-state index >= 15 is 0 Å². The van der Waals surface area contributed by atoms with Gasteiger partial charge in [-0.25, -0.2) is 0 Å². The van der Waals surface area contributed by atoms with E-state index in [1.165, 1.54) is 11.1 Å². The molecule has 2 aromatic rings. The molecule has 0 unspecified atom stereocenters. The molecule has 2 nitrogen and oxygen atoms in total. The maximum absolute atomic E-state index is 6.17. The Morgan fingerprint density at radius 1 is 1.17 bits per heavy atom. The van der Waals surface area contributed by atoms with E-state index in [1.807, 2.05) is 18.2 Å². The normalized spacial score (nSPS) is 13.6. The Labute approximate surface area is 147 Å². The fourth-order valence-corrected chi connectivity index (χ4v) is 3.18. The Balaban J connectivity index is 1.57. The highest BCUT2D eigenvalue weighted by atomic mass is 35.5. The fourth-order valence-electron chi connectivity index (χ4n) is 2.71. The van der Waals surface area contributed by atoms with Crippen LogP contribution in [-0.4, -0.2) is 25.1 Å². The van der Waals surface area contributed by atoms with Crippen LogP contribution >= 0.6 is 23.2 Å². The summed E-state index contributed by atoms with van der Waals surface area (Å²) in [7, 11) is 2.11. The van der Waals surface area contributed by atoms with Gasteiger partial charge in [-0.1, -0.05) is 53.6 Å². The first kappa shape index (κ1) is 16.4. The zero-order valence-corrected chi connectivity index (χ0v) is 14.6. The molecule has 1 heterocycles. The molecule has 120 valence electrons. The highest BCUT2D eigenvalue weighted by Crippen LogP contribution is 2.26. The zero-order chi connectivity index (χ0) is 16.2. The fraction of sp³-hybridized carbons (Fsp3) is 0.263. The maximum atomic E-state index is 6.17. The van der Waals surface area contributed by atoms with Gasteiger partial charge in [-0.05, 0) is 41.9 Å². The summed E-state index contributed by atoms with van der Waals surface area (Å²) in [6.07, 6.45) is 5.17. The minimum Gasteiger partial charge on any atom is -0.493 e. The molecule has 0 bridgehead atoms. The molecule has 23 heavy (non-hydrogen) atoms. The van der Waals surface area contributed by atoms with Gasteiger partial charge in [0.15, 0.2) is 0 Å². The summed E-state index contributed by atoms with van der Waals surface area (Å²) >= 11 is 12.1. The van der Waals surface area contributed by atoms with Crippen LogP contribution in [0.15, 0.2) is 42.5 Å². The molecule has 0 amide bonds. The van der Waals surface area contributed by atoms with Crippen molar-refractivity contribution >= 4 is 29.3 Å². The summed E-state index contributed by atoms with van der Waals surface area (Å²) in [5.41, 5.74) is 3.62. The van der Waals surface area contributed by atoms with Crippen LogP contribution < -0.4 is 4.74 Å². The molecule has 0 saturated carbocycles. The van der Waals surface area contributed by atoms with Gasteiger partial charge in [0.1, 0.15) is 5.75 Å². The van der Waals surface area contributed by atoms with Gasteiger partial charge < -0.3 is 4.74 Å². The number of ether oxygens (including phenoxy) is 1. The Kier molecular flexibility index (Phi) is 5.27. The molecule has 0 aliphatic carbocycles. The van der Waals surface area contributed by atoms with E-state index in [0.29, 0.717) is 10.0 Å². The van der Waals surface area contributed by atoms with Crippen molar-refractivity contribution < 1.29 is 4.74 Å². The zero-order valence-electron chi connectivity index (χ0n) is 13.1. The number of hydrogen-bond acceptors (Lipinski definition) is 2. The molecular weight excluding hydrogens is 329 g/mol. The molecular formula is C19H19Cl2NO. The monoisotopic (exact) mass is 347 g/mol. The number of likely N-dealkylation sites (N-methyl/N-ethyl adjacent to an activating group) is 1. The molecule has 3 rings (SSSR count). The van der Waals surface area contributed by atoms with E-state index in [1.54, 1.807) is 6.07 Å². The Bertz CT molecular complexity index is 727. The summed E-state index contributed by atoms with van der Waals surface area (Å²) in [5, 5.41) is 1.33. The topological polar surface area (TPSA) is 12.5 Å². The molecule has 1 aliphatic rings. The molecule has 2 aromatic carbocycles. The van der Waals surface area contributed by atoms with E-state index < -0.39 is 0 Å². The number of rotatable bonds is 5. The van der Waals surface area contributed by atoms with Crippen molar-refractivity contribution in [2.75, 3.05) is 20.2 Å². The van der Waals surface area contributed by atoms with Gasteiger partial charge in [0.25, 0.3) is 0 Å². The molecule has 0 atom stereocenters. The third-order valence-corrected chi connectivity index (χ3v) is 4.45. The summed E-state index contributed by atoms with van der Waals surface area (Å²) in [6, 6.07) is 12.0. The lowest BCUT2D eigenvalue weighted by Gasteiger charge is -2.15. The minimum atomic E-state index is 0.657. The molecule has 1 aliphatic heterocycles. The second-order valence-electron chi connectivity index (χ2n) is 5.81. The second-order valence-corrected chi connectivity index (χ2v) is 6.65. The van der Waals surface area contributed by atoms with Crippen molar-refractivity contribution in [3.8, 4) is 5.75 Å². The molecule has 0 spiro atoms. The van der Waals surface area contributed by atoms with Crippen molar-refractivity contribution in [2.24, 2.45) is 0 Å². The van der Waals surface area contributed by atoms with Gasteiger partial charge in [0.05, 0.1) is 6.61 Å². The Morgan fingerprint density at radius 2 is 2.04 bits per heavy atom. The van der Waals surface area contributed by atoms with E-state index in [9.17, 15) is 0 Å². The molecule has 0 aromatic heterocycles. The van der Waals surface area contributed by atoms with Crippen molar-refractivity contribution in [3.63, 3.8) is 0 Å². The minimum absolute atomic E-state index is 0.657. The van der Waals surface area contributed by atoms with Crippen LogP contribution in [0.3, 0.4) is 0 Å². The largest absolute Gasteiger partial charge is 0.493 e. The third-order valence-electron chi connectivity index (χ3n) is 3.88. The first-order valence-corrected chi connectivity index (χ1v) is 8.42. The van der Waals surface area contributed by atoms with Crippen molar-refractivity contribution in [1.82, 2.24) is 4.90 Å². The summed E-state index contributed by atoms with van der Waals surface area (Å²) in [6.45, 7) is 2.57. The molecule has 0 radical (unpaired) electrons. The predicted molar refractivity (Wildman–Crippen MR) is 97.5 cm³/mol. The van der Waals surface area contributed by atoms with Crippen LogP contribution in [0.5, 0.6) is 5.75 Å². The van der Waals surface area contributed by atoms with Crippen LogP contribution in [0, 0.1) is 0 Å². The number of hydrogen-bond donors (Lipinski definition) is 0. The SMILES string of the molecule is CN(CC=Cc1ccc(Cl)cc1Cl)Cc1ccc2c(c1)CCO2. The molecule has 0 saturated heterocycles. The summed E-state index contributed by atoms with van der Waals surface area (Å²) in [5.74, 6) is 1.04. The number of benzene rings is 2. The lowest BCUT2D eigenvalue weighted by molar-refractivity contribution is 0.356. The van der Waals surface area contributed by atoms with Crippen LogP contribution in [-0.2, 0) is 13.0 Å². The van der Waals surface area contributed by atoms with Crippen molar-refractivity contribution in [3.05, 3.63) is 69.2 Å². The van der Waals surface area contributed by atoms with Crippen LogP contribution in [0.4, 0.5) is 0 Å². The Hall–Kier alpha value is -1.48. The van der Waals surface area contributed by atoms with Gasteiger partial charge in [-0.2, -0.15) is 0 Å². The molecule has 0 fully saturated rings. The highest BCUT2D eigenvalue weighted by molar-refractivity contribution is 6.35. The van der Waals surface area contributed by atoms with Gasteiger partial charge >= 0.3 is 0 Å². The van der Waals surface area contributed by atoms with Crippen LogP contribution in [0.1, 0.15) is 16.7 Å². The average Bonchev–Trinajstić information content (AvgIpc) is 2.97. The van der Waals surface area contributed by atoms with Gasteiger partial charge in [-0.15, -0.1) is 0 Å². The van der Waals surface area contributed by atoms with Gasteiger partial charge in [0, 0.05) is 29.6 Å². The van der Waals surface area contributed by atoms with Crippen molar-refractivity contribution in [1.29, 1.82) is 0 Å². The standard InChI is InChI=1S/C19H19Cl2NO/c1-22(9-2-3-15-5-6-17(20)12-18(15)21)13-14-4-7-19-16(11-14)8-10-23-19/h2-7,11-12H,8-10,13H2,1H3. The quantitative estimate of drug-likeness (QED) is 0.748. The molecule has 4 heteroatoms. The maximum Gasteiger partial charge on any atom is 0.122 e. The van der Waals surface area contributed by atoms with E-state index in [-0.39, 0.29) is 0 Å². The lowest BCUT2D eigenvalue weighted by atomic mass is 10.1. The lowest BCUT2D eigenvalue weighted by Crippen LogP contribution is -2.17. The van der Waals surface area contributed by atoms with Crippen LogP contribution in [0.2, 0.25) is 10.0 Å². The third kappa shape index (κ3) is 4.29. The van der Waals surface area contributed by atoms with Crippen molar-refractivity contribution in [2.45, 2.75) is 13.0 Å². The average molecular weight is 348 g/mol. The smallest absolute Gasteiger partial charge is 0.122 e. The summed E-state index contributed by atoms with van der Waals surface area (Å²) < 4.78 is 5.55. The van der Waals surface area contributed by atoms with Crippen LogP contribution in [0.25, 0.3) is 6.08 Å². The second kappa shape index (κ2) is 7.39. The summed E-state index contributed by atoms with van der Waals surface area (Å²) in [4.78, 5) is 2.26. The predicted octanol–water partition coefficient (Wildman–Crippen LogP) is 5.07. The molecule has 0 N–H and O–H groups in total. The Morgan fingerprint density at radius 3 is 2.87 bits per heavy atom. The number of fused-ring (bicyclic) bond motifs is 1. The number of halogens is 2. The first-order valence-electron chi connectivity index (χ1n) is 7.66. The number of nitrogens with zero attached hydrogens (tertiary/aromatic N) is 1. The van der Waals surface area contributed by atoms with E-state index in [2.05, 4.69) is 36.2 Å². The van der Waals surface area contributed by atoms with E-state index in [0.717, 1.165) is 37.4 Å². The highest BCUT2D eigenvalue weighted by Gasteiger charge is 2.12. The first-order chi connectivity index (χ1) is 11.1. The van der Waals surface area contributed by atoms with Gasteiger partial charge in [0.2, 0.25) is 0 Å².